The fourth-order valence-electron chi connectivity index (χ4n) is 1.44. The third-order valence-corrected chi connectivity index (χ3v) is 1.98. The number of hydrogen-bond donors (Lipinski definition) is 0. The van der Waals surface area contributed by atoms with Crippen LogP contribution in [0.1, 0.15) is 33.1 Å². The van der Waals surface area contributed by atoms with Crippen LogP contribution in [-0.4, -0.2) is 0 Å². The van der Waals surface area contributed by atoms with Crippen LogP contribution in [0.5, 0.6) is 0 Å². The third-order valence-electron chi connectivity index (χ3n) is 1.98. The van der Waals surface area contributed by atoms with Crippen LogP contribution in [0, 0.1) is 16.7 Å². The van der Waals surface area contributed by atoms with E-state index in [2.05, 4.69) is 26.0 Å². The molecular formula is C9H13N. The van der Waals surface area contributed by atoms with Gasteiger partial charge in [-0.1, -0.05) is 19.9 Å². The molecule has 0 aliphatic heterocycles. The Kier molecular flexibility index (Phi) is 1.80. The summed E-state index contributed by atoms with van der Waals surface area (Å²) in [6, 6.07) is 2.22. The Balaban J connectivity index is 2.78. The normalized spacial score (nSPS) is 23.1. The van der Waals surface area contributed by atoms with Gasteiger partial charge in [0.1, 0.15) is 0 Å². The second-order valence-electron chi connectivity index (χ2n) is 3.62. The van der Waals surface area contributed by atoms with Gasteiger partial charge in [-0.3, -0.25) is 0 Å². The minimum Gasteiger partial charge on any atom is -0.193 e. The lowest BCUT2D eigenvalue weighted by atomic mass is 9.80. The van der Waals surface area contributed by atoms with E-state index in [4.69, 9.17) is 5.26 Å². The molecule has 0 heterocycles. The summed E-state index contributed by atoms with van der Waals surface area (Å²) in [5.74, 6) is 0. The van der Waals surface area contributed by atoms with Crippen molar-refractivity contribution in [1.29, 1.82) is 5.26 Å². The van der Waals surface area contributed by atoms with E-state index in [1.165, 1.54) is 12.8 Å². The first-order chi connectivity index (χ1) is 4.64. The smallest absolute Gasteiger partial charge is 0.0943 e. The van der Waals surface area contributed by atoms with E-state index < -0.39 is 0 Å². The summed E-state index contributed by atoms with van der Waals surface area (Å²) in [5, 5.41) is 8.60. The van der Waals surface area contributed by atoms with Gasteiger partial charge >= 0.3 is 0 Å². The zero-order valence-corrected chi connectivity index (χ0v) is 6.65. The standard InChI is InChI=1S/C9H13N/c1-9(2)5-3-4-8(6-9)7-10/h6H,3-5H2,1-2H3. The van der Waals surface area contributed by atoms with E-state index in [1.807, 2.05) is 0 Å². The lowest BCUT2D eigenvalue weighted by molar-refractivity contribution is 0.401. The van der Waals surface area contributed by atoms with Crippen molar-refractivity contribution in [1.82, 2.24) is 0 Å². The molecule has 0 aromatic carbocycles. The van der Waals surface area contributed by atoms with Crippen LogP contribution in [-0.2, 0) is 0 Å². The molecule has 0 saturated carbocycles. The van der Waals surface area contributed by atoms with Gasteiger partial charge in [-0.05, 0) is 24.7 Å². The molecule has 0 atom stereocenters. The van der Waals surface area contributed by atoms with Gasteiger partial charge in [0.2, 0.25) is 0 Å². The summed E-state index contributed by atoms with van der Waals surface area (Å²) in [5.41, 5.74) is 1.24. The van der Waals surface area contributed by atoms with Crippen molar-refractivity contribution in [3.05, 3.63) is 11.6 Å². The largest absolute Gasteiger partial charge is 0.193 e. The second kappa shape index (κ2) is 2.46. The highest BCUT2D eigenvalue weighted by Gasteiger charge is 2.19. The summed E-state index contributed by atoms with van der Waals surface area (Å²) in [7, 11) is 0. The SMILES string of the molecule is CC1(C)C=C(C#N)CCC1. The van der Waals surface area contributed by atoms with E-state index in [1.54, 1.807) is 0 Å². The number of nitriles is 1. The average Bonchev–Trinajstić information content (AvgIpc) is 1.86. The number of rotatable bonds is 0. The quantitative estimate of drug-likeness (QED) is 0.501. The van der Waals surface area contributed by atoms with Crippen LogP contribution in [0.4, 0.5) is 0 Å². The molecule has 10 heavy (non-hydrogen) atoms. The van der Waals surface area contributed by atoms with Gasteiger partial charge in [0.15, 0.2) is 0 Å². The Labute approximate surface area is 62.4 Å². The van der Waals surface area contributed by atoms with E-state index in [-0.39, 0.29) is 5.41 Å². The Morgan fingerprint density at radius 3 is 2.70 bits per heavy atom. The number of allylic oxidation sites excluding steroid dienone is 2. The molecule has 1 aliphatic carbocycles. The molecule has 0 radical (unpaired) electrons. The van der Waals surface area contributed by atoms with E-state index in [0.717, 1.165) is 12.0 Å². The first-order valence-electron chi connectivity index (χ1n) is 3.76. The van der Waals surface area contributed by atoms with Crippen molar-refractivity contribution in [2.75, 3.05) is 0 Å². The van der Waals surface area contributed by atoms with Gasteiger partial charge < -0.3 is 0 Å². The molecular weight excluding hydrogens is 122 g/mol. The van der Waals surface area contributed by atoms with Crippen molar-refractivity contribution in [2.45, 2.75) is 33.1 Å². The van der Waals surface area contributed by atoms with Crippen molar-refractivity contribution in [3.63, 3.8) is 0 Å². The minimum atomic E-state index is 0.267. The Morgan fingerprint density at radius 2 is 2.30 bits per heavy atom. The maximum atomic E-state index is 8.60. The highest BCUT2D eigenvalue weighted by molar-refractivity contribution is 5.24. The fourth-order valence-corrected chi connectivity index (χ4v) is 1.44. The fraction of sp³-hybridized carbons (Fsp3) is 0.667. The topological polar surface area (TPSA) is 23.8 Å². The highest BCUT2D eigenvalue weighted by Crippen LogP contribution is 2.32. The van der Waals surface area contributed by atoms with Crippen molar-refractivity contribution in [2.24, 2.45) is 5.41 Å². The molecule has 0 saturated heterocycles. The molecule has 0 unspecified atom stereocenters. The molecule has 0 aromatic heterocycles. The summed E-state index contributed by atoms with van der Waals surface area (Å²) < 4.78 is 0. The monoisotopic (exact) mass is 135 g/mol. The second-order valence-corrected chi connectivity index (χ2v) is 3.62. The van der Waals surface area contributed by atoms with E-state index in [0.29, 0.717) is 0 Å². The summed E-state index contributed by atoms with van der Waals surface area (Å²) >= 11 is 0. The Morgan fingerprint density at radius 1 is 1.60 bits per heavy atom. The summed E-state index contributed by atoms with van der Waals surface area (Å²) in [4.78, 5) is 0. The Bertz CT molecular complexity index is 193. The van der Waals surface area contributed by atoms with Crippen LogP contribution in [0.15, 0.2) is 11.6 Å². The van der Waals surface area contributed by atoms with Gasteiger partial charge in [-0.25, -0.2) is 0 Å². The highest BCUT2D eigenvalue weighted by atomic mass is 14.3. The molecule has 1 rings (SSSR count). The van der Waals surface area contributed by atoms with E-state index >= 15 is 0 Å². The van der Waals surface area contributed by atoms with Gasteiger partial charge in [-0.15, -0.1) is 0 Å². The number of hydrogen-bond acceptors (Lipinski definition) is 1. The molecule has 1 nitrogen and oxygen atoms in total. The lowest BCUT2D eigenvalue weighted by Crippen LogP contribution is -2.12. The predicted octanol–water partition coefficient (Wildman–Crippen LogP) is 2.65. The maximum Gasteiger partial charge on any atom is 0.0943 e. The van der Waals surface area contributed by atoms with Crippen molar-refractivity contribution in [3.8, 4) is 6.07 Å². The molecule has 0 fully saturated rings. The van der Waals surface area contributed by atoms with Crippen molar-refractivity contribution < 1.29 is 0 Å². The average molecular weight is 135 g/mol. The third kappa shape index (κ3) is 1.60. The minimum absolute atomic E-state index is 0.267. The molecule has 0 amide bonds. The zero-order chi connectivity index (χ0) is 7.61. The first-order valence-corrected chi connectivity index (χ1v) is 3.76. The number of nitrogens with zero attached hydrogens (tertiary/aromatic N) is 1. The molecule has 1 aliphatic rings. The van der Waals surface area contributed by atoms with Gasteiger partial charge in [-0.2, -0.15) is 5.26 Å². The van der Waals surface area contributed by atoms with Crippen LogP contribution >= 0.6 is 0 Å². The van der Waals surface area contributed by atoms with Crippen molar-refractivity contribution >= 4 is 0 Å². The van der Waals surface area contributed by atoms with Crippen LogP contribution in [0.25, 0.3) is 0 Å². The van der Waals surface area contributed by atoms with Crippen LogP contribution in [0.2, 0.25) is 0 Å². The molecule has 0 bridgehead atoms. The van der Waals surface area contributed by atoms with Crippen LogP contribution < -0.4 is 0 Å². The van der Waals surface area contributed by atoms with Gasteiger partial charge in [0.25, 0.3) is 0 Å². The van der Waals surface area contributed by atoms with Gasteiger partial charge in [0.05, 0.1) is 6.07 Å². The van der Waals surface area contributed by atoms with Gasteiger partial charge in [0, 0.05) is 5.57 Å². The lowest BCUT2D eigenvalue weighted by Gasteiger charge is -2.24. The molecule has 0 N–H and O–H groups in total. The summed E-state index contributed by atoms with van der Waals surface area (Å²) in [6.07, 6.45) is 5.49. The summed E-state index contributed by atoms with van der Waals surface area (Å²) in [6.45, 7) is 4.37. The first kappa shape index (κ1) is 7.34. The predicted molar refractivity (Wildman–Crippen MR) is 41.3 cm³/mol. The molecule has 0 spiro atoms. The molecule has 1 heteroatoms. The zero-order valence-electron chi connectivity index (χ0n) is 6.65. The maximum absolute atomic E-state index is 8.60. The van der Waals surface area contributed by atoms with Crippen LogP contribution in [0.3, 0.4) is 0 Å². The molecule has 54 valence electrons. The Hall–Kier alpha value is -0.770. The van der Waals surface area contributed by atoms with E-state index in [9.17, 15) is 0 Å². The molecule has 0 aromatic rings.